The number of nitrogens with one attached hydrogen (secondary N) is 1. The number of amides is 2. The summed E-state index contributed by atoms with van der Waals surface area (Å²) >= 11 is 0. The monoisotopic (exact) mass is 280 g/mol. The van der Waals surface area contributed by atoms with Gasteiger partial charge in [-0.3, -0.25) is 9.59 Å². The first-order chi connectivity index (χ1) is 9.65. The molecule has 4 nitrogen and oxygen atoms in total. The molecule has 1 saturated carbocycles. The van der Waals surface area contributed by atoms with Crippen LogP contribution in [-0.4, -0.2) is 35.8 Å². The smallest absolute Gasteiger partial charge is 0.232 e. The van der Waals surface area contributed by atoms with Crippen LogP contribution in [0.5, 0.6) is 0 Å². The standard InChI is InChI=1S/C16H28N2O2/c1-13-7-6-10-18(12-13)16(20)11-15(19)17-14-8-4-2-3-5-9-14/h13-14H,2-12H2,1H3,(H,17,19). The number of hydrogen-bond acceptors (Lipinski definition) is 2. The SMILES string of the molecule is CC1CCCN(C(=O)CC(=O)NC2CCCCCC2)C1. The van der Waals surface area contributed by atoms with Crippen LogP contribution in [0.4, 0.5) is 0 Å². The van der Waals surface area contributed by atoms with Gasteiger partial charge >= 0.3 is 0 Å². The molecule has 0 aromatic carbocycles. The second kappa shape index (κ2) is 7.65. The zero-order chi connectivity index (χ0) is 14.4. The lowest BCUT2D eigenvalue weighted by atomic mass is 10.00. The van der Waals surface area contributed by atoms with Crippen molar-refractivity contribution in [2.45, 2.75) is 70.8 Å². The molecular formula is C16H28N2O2. The van der Waals surface area contributed by atoms with Crippen LogP contribution >= 0.6 is 0 Å². The fraction of sp³-hybridized carbons (Fsp3) is 0.875. The van der Waals surface area contributed by atoms with Crippen LogP contribution in [0.1, 0.15) is 64.7 Å². The summed E-state index contributed by atoms with van der Waals surface area (Å²) in [4.78, 5) is 26.0. The Hall–Kier alpha value is -1.06. The first-order valence-corrected chi connectivity index (χ1v) is 8.22. The van der Waals surface area contributed by atoms with Crippen LogP contribution in [0.25, 0.3) is 0 Å². The molecule has 2 rings (SSSR count). The number of likely N-dealkylation sites (tertiary alicyclic amines) is 1. The molecule has 2 fully saturated rings. The fourth-order valence-electron chi connectivity index (χ4n) is 3.37. The average molecular weight is 280 g/mol. The Balaban J connectivity index is 1.74. The highest BCUT2D eigenvalue weighted by molar-refractivity contribution is 5.97. The van der Waals surface area contributed by atoms with Gasteiger partial charge < -0.3 is 10.2 Å². The van der Waals surface area contributed by atoms with Crippen molar-refractivity contribution in [1.29, 1.82) is 0 Å². The minimum atomic E-state index is -0.0832. The van der Waals surface area contributed by atoms with Crippen molar-refractivity contribution in [3.8, 4) is 0 Å². The summed E-state index contributed by atoms with van der Waals surface area (Å²) in [7, 11) is 0. The average Bonchev–Trinajstić information content (AvgIpc) is 2.67. The molecule has 1 aliphatic carbocycles. The summed E-state index contributed by atoms with van der Waals surface area (Å²) in [6.07, 6.45) is 9.37. The van der Waals surface area contributed by atoms with Crippen molar-refractivity contribution in [3.05, 3.63) is 0 Å². The molecule has 0 bridgehead atoms. The lowest BCUT2D eigenvalue weighted by Gasteiger charge is -2.31. The first kappa shape index (κ1) is 15.3. The molecule has 114 valence electrons. The van der Waals surface area contributed by atoms with Gasteiger partial charge in [0.15, 0.2) is 0 Å². The van der Waals surface area contributed by atoms with E-state index < -0.39 is 0 Å². The van der Waals surface area contributed by atoms with Gasteiger partial charge in [0.1, 0.15) is 6.42 Å². The molecular weight excluding hydrogens is 252 g/mol. The number of carbonyl (C=O) groups is 2. The predicted molar refractivity (Wildman–Crippen MR) is 79.2 cm³/mol. The molecule has 20 heavy (non-hydrogen) atoms. The van der Waals surface area contributed by atoms with Crippen LogP contribution in [-0.2, 0) is 9.59 Å². The summed E-state index contributed by atoms with van der Waals surface area (Å²) in [5.41, 5.74) is 0. The molecule has 1 N–H and O–H groups in total. The molecule has 1 heterocycles. The largest absolute Gasteiger partial charge is 0.353 e. The lowest BCUT2D eigenvalue weighted by Crippen LogP contribution is -2.43. The fourth-order valence-corrected chi connectivity index (χ4v) is 3.37. The van der Waals surface area contributed by atoms with Crippen molar-refractivity contribution in [2.75, 3.05) is 13.1 Å². The van der Waals surface area contributed by atoms with E-state index in [1.54, 1.807) is 0 Å². The van der Waals surface area contributed by atoms with E-state index in [0.717, 1.165) is 32.4 Å². The molecule has 4 heteroatoms. The number of hydrogen-bond donors (Lipinski definition) is 1. The Morgan fingerprint density at radius 3 is 2.40 bits per heavy atom. The highest BCUT2D eigenvalue weighted by Gasteiger charge is 2.23. The molecule has 2 aliphatic rings. The Kier molecular flexibility index (Phi) is 5.86. The van der Waals surface area contributed by atoms with E-state index in [1.807, 2.05) is 4.90 Å². The normalized spacial score (nSPS) is 25.1. The van der Waals surface area contributed by atoms with Crippen molar-refractivity contribution >= 4 is 11.8 Å². The van der Waals surface area contributed by atoms with Gasteiger partial charge in [-0.1, -0.05) is 32.6 Å². The highest BCUT2D eigenvalue weighted by atomic mass is 16.2. The number of rotatable bonds is 3. The molecule has 1 unspecified atom stereocenters. The molecule has 0 aromatic heterocycles. The maximum Gasteiger partial charge on any atom is 0.232 e. The van der Waals surface area contributed by atoms with Gasteiger partial charge in [-0.05, 0) is 31.6 Å². The van der Waals surface area contributed by atoms with Crippen LogP contribution in [0, 0.1) is 5.92 Å². The summed E-state index contributed by atoms with van der Waals surface area (Å²) in [6, 6.07) is 0.290. The summed E-state index contributed by atoms with van der Waals surface area (Å²) in [5.74, 6) is 0.486. The Bertz CT molecular complexity index is 335. The van der Waals surface area contributed by atoms with Gasteiger partial charge in [-0.15, -0.1) is 0 Å². The maximum atomic E-state index is 12.1. The van der Waals surface area contributed by atoms with Crippen LogP contribution in [0.3, 0.4) is 0 Å². The molecule has 1 saturated heterocycles. The summed E-state index contributed by atoms with van der Waals surface area (Å²) in [5, 5.41) is 3.05. The number of carbonyl (C=O) groups excluding carboxylic acids is 2. The van der Waals surface area contributed by atoms with Crippen molar-refractivity contribution in [2.24, 2.45) is 5.92 Å². The quantitative estimate of drug-likeness (QED) is 0.638. The molecule has 0 radical (unpaired) electrons. The van der Waals surface area contributed by atoms with E-state index in [4.69, 9.17) is 0 Å². The first-order valence-electron chi connectivity index (χ1n) is 8.22. The maximum absolute atomic E-state index is 12.1. The van der Waals surface area contributed by atoms with Crippen molar-refractivity contribution in [1.82, 2.24) is 10.2 Å². The summed E-state index contributed by atoms with van der Waals surface area (Å²) in [6.45, 7) is 3.81. The Morgan fingerprint density at radius 2 is 1.75 bits per heavy atom. The van der Waals surface area contributed by atoms with Gasteiger partial charge in [0.2, 0.25) is 11.8 Å². The number of nitrogens with zero attached hydrogens (tertiary/aromatic N) is 1. The second-order valence-corrected chi connectivity index (χ2v) is 6.52. The van der Waals surface area contributed by atoms with Gasteiger partial charge in [0, 0.05) is 19.1 Å². The van der Waals surface area contributed by atoms with Crippen molar-refractivity contribution < 1.29 is 9.59 Å². The third-order valence-electron chi connectivity index (χ3n) is 4.54. The van der Waals surface area contributed by atoms with Crippen molar-refractivity contribution in [3.63, 3.8) is 0 Å². The van der Waals surface area contributed by atoms with E-state index in [0.29, 0.717) is 5.92 Å². The van der Waals surface area contributed by atoms with Gasteiger partial charge in [0.05, 0.1) is 0 Å². The zero-order valence-corrected chi connectivity index (χ0v) is 12.7. The van der Waals surface area contributed by atoms with Crippen LogP contribution < -0.4 is 5.32 Å². The topological polar surface area (TPSA) is 49.4 Å². The van der Waals surface area contributed by atoms with E-state index in [1.165, 1.54) is 32.1 Å². The minimum Gasteiger partial charge on any atom is -0.353 e. The predicted octanol–water partition coefficient (Wildman–Crippen LogP) is 2.47. The molecule has 1 atom stereocenters. The van der Waals surface area contributed by atoms with E-state index in [9.17, 15) is 9.59 Å². The van der Waals surface area contributed by atoms with E-state index >= 15 is 0 Å². The second-order valence-electron chi connectivity index (χ2n) is 6.52. The lowest BCUT2D eigenvalue weighted by molar-refractivity contribution is -0.137. The molecule has 2 amide bonds. The molecule has 0 aromatic rings. The van der Waals surface area contributed by atoms with E-state index in [-0.39, 0.29) is 24.3 Å². The van der Waals surface area contributed by atoms with Crippen LogP contribution in [0.2, 0.25) is 0 Å². The number of piperidine rings is 1. The zero-order valence-electron chi connectivity index (χ0n) is 12.7. The molecule has 0 spiro atoms. The van der Waals surface area contributed by atoms with Gasteiger partial charge in [-0.2, -0.15) is 0 Å². The molecule has 1 aliphatic heterocycles. The van der Waals surface area contributed by atoms with Gasteiger partial charge in [0.25, 0.3) is 0 Å². The Morgan fingerprint density at radius 1 is 1.05 bits per heavy atom. The third kappa shape index (κ3) is 4.80. The van der Waals surface area contributed by atoms with Gasteiger partial charge in [-0.25, -0.2) is 0 Å². The van der Waals surface area contributed by atoms with Crippen LogP contribution in [0.15, 0.2) is 0 Å². The summed E-state index contributed by atoms with van der Waals surface area (Å²) < 4.78 is 0. The van der Waals surface area contributed by atoms with E-state index in [2.05, 4.69) is 12.2 Å². The third-order valence-corrected chi connectivity index (χ3v) is 4.54. The highest BCUT2D eigenvalue weighted by Crippen LogP contribution is 2.18. The Labute approximate surface area is 122 Å². The minimum absolute atomic E-state index is 0.00247.